The van der Waals surface area contributed by atoms with E-state index in [0.29, 0.717) is 19.5 Å². The van der Waals surface area contributed by atoms with Crippen LogP contribution in [0.5, 0.6) is 5.75 Å². The van der Waals surface area contributed by atoms with Crippen molar-refractivity contribution in [1.29, 1.82) is 0 Å². The molecule has 1 saturated heterocycles. The number of nitrogens with zero attached hydrogens (tertiary/aromatic N) is 1. The molecule has 1 heterocycles. The van der Waals surface area contributed by atoms with Crippen LogP contribution in [0.15, 0.2) is 24.3 Å². The molecule has 0 radical (unpaired) electrons. The van der Waals surface area contributed by atoms with E-state index in [1.807, 2.05) is 31.2 Å². The van der Waals surface area contributed by atoms with Gasteiger partial charge in [-0.1, -0.05) is 25.5 Å². The molecule has 1 N–H and O–H groups in total. The van der Waals surface area contributed by atoms with E-state index >= 15 is 0 Å². The molecule has 0 saturated carbocycles. The van der Waals surface area contributed by atoms with Crippen LogP contribution in [-0.2, 0) is 14.8 Å². The summed E-state index contributed by atoms with van der Waals surface area (Å²) in [5, 5.41) is 2.90. The zero-order chi connectivity index (χ0) is 17.7. The SMILES string of the molecule is CCCCS(=O)(=O)N1CC(NC(C)=O)C(c2ccc(OC)cc2)C1. The Morgan fingerprint density at radius 3 is 2.50 bits per heavy atom. The monoisotopic (exact) mass is 354 g/mol. The van der Waals surface area contributed by atoms with E-state index in [-0.39, 0.29) is 23.6 Å². The van der Waals surface area contributed by atoms with E-state index < -0.39 is 10.0 Å². The molecular formula is C17H26N2O4S. The molecule has 0 spiro atoms. The van der Waals surface area contributed by atoms with E-state index in [1.54, 1.807) is 7.11 Å². The van der Waals surface area contributed by atoms with Crippen molar-refractivity contribution in [2.45, 2.75) is 38.6 Å². The summed E-state index contributed by atoms with van der Waals surface area (Å²) in [6.45, 7) is 4.14. The Morgan fingerprint density at radius 2 is 1.96 bits per heavy atom. The lowest BCUT2D eigenvalue weighted by Gasteiger charge is -2.19. The fraction of sp³-hybridized carbons (Fsp3) is 0.588. The summed E-state index contributed by atoms with van der Waals surface area (Å²) in [4.78, 5) is 11.5. The molecule has 24 heavy (non-hydrogen) atoms. The molecule has 1 amide bonds. The Bertz CT molecular complexity index is 658. The van der Waals surface area contributed by atoms with Gasteiger partial charge in [0, 0.05) is 25.9 Å². The average molecular weight is 354 g/mol. The van der Waals surface area contributed by atoms with Gasteiger partial charge in [0.2, 0.25) is 15.9 Å². The third-order valence-corrected chi connectivity index (χ3v) is 6.26. The highest BCUT2D eigenvalue weighted by Gasteiger charge is 2.39. The van der Waals surface area contributed by atoms with Crippen molar-refractivity contribution in [3.8, 4) is 5.75 Å². The topological polar surface area (TPSA) is 75.7 Å². The van der Waals surface area contributed by atoms with Crippen molar-refractivity contribution in [2.75, 3.05) is 26.0 Å². The summed E-state index contributed by atoms with van der Waals surface area (Å²) in [6.07, 6.45) is 1.49. The fourth-order valence-electron chi connectivity index (χ4n) is 3.05. The number of hydrogen-bond acceptors (Lipinski definition) is 4. The molecule has 134 valence electrons. The second-order valence-corrected chi connectivity index (χ2v) is 8.26. The third kappa shape index (κ3) is 4.48. The van der Waals surface area contributed by atoms with Crippen molar-refractivity contribution in [3.05, 3.63) is 29.8 Å². The summed E-state index contributed by atoms with van der Waals surface area (Å²) in [5.41, 5.74) is 1.00. The number of ether oxygens (including phenoxy) is 1. The van der Waals surface area contributed by atoms with Crippen molar-refractivity contribution < 1.29 is 17.9 Å². The van der Waals surface area contributed by atoms with Gasteiger partial charge in [0.05, 0.1) is 18.9 Å². The van der Waals surface area contributed by atoms with Crippen LogP contribution in [-0.4, -0.2) is 50.6 Å². The van der Waals surface area contributed by atoms with Gasteiger partial charge in [-0.25, -0.2) is 8.42 Å². The summed E-state index contributed by atoms with van der Waals surface area (Å²) >= 11 is 0. The normalized spacial score (nSPS) is 21.6. The van der Waals surface area contributed by atoms with Gasteiger partial charge in [-0.3, -0.25) is 4.79 Å². The van der Waals surface area contributed by atoms with Gasteiger partial charge >= 0.3 is 0 Å². The maximum Gasteiger partial charge on any atom is 0.217 e. The van der Waals surface area contributed by atoms with Crippen LogP contribution in [0.4, 0.5) is 0 Å². The van der Waals surface area contributed by atoms with Crippen molar-refractivity contribution in [1.82, 2.24) is 9.62 Å². The Labute approximate surface area is 144 Å². The number of hydrogen-bond donors (Lipinski definition) is 1. The number of carbonyl (C=O) groups excluding carboxylic acids is 1. The smallest absolute Gasteiger partial charge is 0.217 e. The van der Waals surface area contributed by atoms with Gasteiger partial charge in [0.1, 0.15) is 5.75 Å². The van der Waals surface area contributed by atoms with Crippen LogP contribution in [0.2, 0.25) is 0 Å². The summed E-state index contributed by atoms with van der Waals surface area (Å²) in [7, 11) is -1.68. The van der Waals surface area contributed by atoms with Crippen LogP contribution in [0.25, 0.3) is 0 Å². The number of rotatable bonds is 7. The maximum atomic E-state index is 12.5. The molecule has 0 aliphatic carbocycles. The molecule has 2 rings (SSSR count). The molecule has 1 aromatic carbocycles. The number of nitrogens with one attached hydrogen (secondary N) is 1. The molecule has 6 nitrogen and oxygen atoms in total. The van der Waals surface area contributed by atoms with E-state index in [2.05, 4.69) is 5.32 Å². The van der Waals surface area contributed by atoms with Gasteiger partial charge in [-0.15, -0.1) is 0 Å². The summed E-state index contributed by atoms with van der Waals surface area (Å²) in [6, 6.07) is 7.36. The minimum Gasteiger partial charge on any atom is -0.497 e. The first kappa shape index (κ1) is 18.7. The standard InChI is InChI=1S/C17H26N2O4S/c1-4-5-10-24(21,22)19-11-16(17(12-19)18-13(2)20)14-6-8-15(23-3)9-7-14/h6-9,16-17H,4-5,10-12H2,1-3H3,(H,18,20). The fourth-order valence-corrected chi connectivity index (χ4v) is 4.73. The molecule has 1 aliphatic rings. The van der Waals surface area contributed by atoms with Gasteiger partial charge < -0.3 is 10.1 Å². The molecule has 0 aromatic heterocycles. The number of carbonyl (C=O) groups is 1. The van der Waals surface area contributed by atoms with Gasteiger partial charge in [0.25, 0.3) is 0 Å². The van der Waals surface area contributed by atoms with Crippen molar-refractivity contribution in [2.24, 2.45) is 0 Å². The minimum atomic E-state index is -3.29. The molecule has 1 aromatic rings. The van der Waals surface area contributed by atoms with Crippen LogP contribution >= 0.6 is 0 Å². The quantitative estimate of drug-likeness (QED) is 0.809. The first-order chi connectivity index (χ1) is 11.4. The van der Waals surface area contributed by atoms with Gasteiger partial charge in [0.15, 0.2) is 0 Å². The zero-order valence-corrected chi connectivity index (χ0v) is 15.3. The molecule has 2 unspecified atom stereocenters. The van der Waals surface area contributed by atoms with Gasteiger partial charge in [-0.05, 0) is 24.1 Å². The van der Waals surface area contributed by atoms with E-state index in [1.165, 1.54) is 11.2 Å². The molecule has 1 fully saturated rings. The Kier molecular flexibility index (Phi) is 6.23. The van der Waals surface area contributed by atoms with Gasteiger partial charge in [-0.2, -0.15) is 4.31 Å². The number of methoxy groups -OCH3 is 1. The lowest BCUT2D eigenvalue weighted by molar-refractivity contribution is -0.119. The second-order valence-electron chi connectivity index (χ2n) is 6.17. The van der Waals surface area contributed by atoms with Crippen molar-refractivity contribution in [3.63, 3.8) is 0 Å². The Balaban J connectivity index is 2.21. The van der Waals surface area contributed by atoms with Crippen LogP contribution < -0.4 is 10.1 Å². The number of amides is 1. The molecule has 1 aliphatic heterocycles. The van der Waals surface area contributed by atoms with E-state index in [4.69, 9.17) is 4.74 Å². The first-order valence-electron chi connectivity index (χ1n) is 8.26. The van der Waals surface area contributed by atoms with E-state index in [9.17, 15) is 13.2 Å². The second kappa shape index (κ2) is 7.98. The number of unbranched alkanes of at least 4 members (excludes halogenated alkanes) is 1. The third-order valence-electron chi connectivity index (χ3n) is 4.37. The lowest BCUT2D eigenvalue weighted by Crippen LogP contribution is -2.39. The highest BCUT2D eigenvalue weighted by molar-refractivity contribution is 7.89. The highest BCUT2D eigenvalue weighted by Crippen LogP contribution is 2.31. The average Bonchev–Trinajstić information content (AvgIpc) is 2.97. The summed E-state index contributed by atoms with van der Waals surface area (Å²) < 4.78 is 31.7. The van der Waals surface area contributed by atoms with Crippen LogP contribution in [0, 0.1) is 0 Å². The number of sulfonamides is 1. The molecule has 2 atom stereocenters. The Morgan fingerprint density at radius 1 is 1.29 bits per heavy atom. The van der Waals surface area contributed by atoms with Crippen LogP contribution in [0.3, 0.4) is 0 Å². The predicted octanol–water partition coefficient (Wildman–Crippen LogP) is 1.73. The minimum absolute atomic E-state index is 0.0591. The van der Waals surface area contributed by atoms with E-state index in [0.717, 1.165) is 17.7 Å². The largest absolute Gasteiger partial charge is 0.497 e. The maximum absolute atomic E-state index is 12.5. The first-order valence-corrected chi connectivity index (χ1v) is 9.87. The summed E-state index contributed by atoms with van der Waals surface area (Å²) in [5.74, 6) is 0.703. The highest BCUT2D eigenvalue weighted by atomic mass is 32.2. The van der Waals surface area contributed by atoms with Crippen LogP contribution in [0.1, 0.15) is 38.2 Å². The molecular weight excluding hydrogens is 328 g/mol. The lowest BCUT2D eigenvalue weighted by atomic mass is 9.94. The zero-order valence-electron chi connectivity index (χ0n) is 14.5. The molecule has 7 heteroatoms. The van der Waals surface area contributed by atoms with Crippen molar-refractivity contribution >= 4 is 15.9 Å². The molecule has 0 bridgehead atoms. The number of benzene rings is 1. The predicted molar refractivity (Wildman–Crippen MR) is 93.6 cm³/mol. The Hall–Kier alpha value is -1.60.